The molecule has 0 radical (unpaired) electrons. The van der Waals surface area contributed by atoms with Crippen LogP contribution in [-0.2, 0) is 6.54 Å². The maximum absolute atomic E-state index is 9.31. The molecule has 3 heteroatoms. The molecular formula is C17H28N2O. The number of aliphatic hydroxyl groups excluding tert-OH is 1. The van der Waals surface area contributed by atoms with E-state index in [2.05, 4.69) is 47.9 Å². The lowest BCUT2D eigenvalue weighted by molar-refractivity contribution is 0.0539. The zero-order chi connectivity index (χ0) is 14.4. The summed E-state index contributed by atoms with van der Waals surface area (Å²) in [5.74, 6) is 0. The molecular weight excluding hydrogens is 248 g/mol. The molecule has 1 aromatic rings. The van der Waals surface area contributed by atoms with E-state index in [1.807, 2.05) is 0 Å². The minimum atomic E-state index is 0.287. The first-order valence-electron chi connectivity index (χ1n) is 7.85. The van der Waals surface area contributed by atoms with Gasteiger partial charge < -0.3 is 10.0 Å². The van der Waals surface area contributed by atoms with E-state index in [1.165, 1.54) is 24.1 Å². The highest BCUT2D eigenvalue weighted by Gasteiger charge is 2.25. The lowest BCUT2D eigenvalue weighted by Gasteiger charge is -2.41. The number of benzene rings is 1. The van der Waals surface area contributed by atoms with Crippen LogP contribution in [0.15, 0.2) is 24.3 Å². The van der Waals surface area contributed by atoms with Gasteiger partial charge in [-0.15, -0.1) is 0 Å². The molecule has 1 aromatic carbocycles. The smallest absolute Gasteiger partial charge is 0.0446 e. The van der Waals surface area contributed by atoms with Crippen molar-refractivity contribution in [3.05, 3.63) is 35.4 Å². The topological polar surface area (TPSA) is 26.7 Å². The Labute approximate surface area is 123 Å². The minimum Gasteiger partial charge on any atom is -0.396 e. The molecule has 1 aliphatic rings. The number of aryl methyl sites for hydroxylation is 1. The van der Waals surface area contributed by atoms with Crippen molar-refractivity contribution in [1.29, 1.82) is 0 Å². The van der Waals surface area contributed by atoms with Crippen LogP contribution in [0.25, 0.3) is 0 Å². The van der Waals surface area contributed by atoms with Crippen molar-refractivity contribution in [2.24, 2.45) is 0 Å². The highest BCUT2D eigenvalue weighted by Crippen LogP contribution is 2.17. The standard InChI is InChI=1S/C17H28N2O/c1-3-9-18-10-11-19(17(14-18)8-12-20)13-16-6-4-15(2)5-7-16/h4-7,17,20H,3,8-14H2,1-2H3. The van der Waals surface area contributed by atoms with E-state index in [0.717, 1.165) is 32.6 Å². The van der Waals surface area contributed by atoms with Crippen molar-refractivity contribution in [2.45, 2.75) is 39.3 Å². The SMILES string of the molecule is CCCN1CCN(Cc2ccc(C)cc2)C(CCO)C1. The fourth-order valence-corrected chi connectivity index (χ4v) is 3.04. The van der Waals surface area contributed by atoms with Crippen molar-refractivity contribution >= 4 is 0 Å². The Balaban J connectivity index is 1.96. The van der Waals surface area contributed by atoms with Gasteiger partial charge in [0.1, 0.15) is 0 Å². The predicted molar refractivity (Wildman–Crippen MR) is 83.8 cm³/mol. The second kappa shape index (κ2) is 7.77. The molecule has 3 nitrogen and oxygen atoms in total. The predicted octanol–water partition coefficient (Wildman–Crippen LogP) is 2.27. The van der Waals surface area contributed by atoms with Crippen LogP contribution in [0.3, 0.4) is 0 Å². The first-order chi connectivity index (χ1) is 9.72. The summed E-state index contributed by atoms with van der Waals surface area (Å²) in [4.78, 5) is 5.07. The average Bonchev–Trinajstić information content (AvgIpc) is 2.45. The van der Waals surface area contributed by atoms with E-state index in [9.17, 15) is 5.11 Å². The fourth-order valence-electron chi connectivity index (χ4n) is 3.04. The molecule has 1 saturated heterocycles. The average molecular weight is 276 g/mol. The van der Waals surface area contributed by atoms with Gasteiger partial charge in [-0.25, -0.2) is 0 Å². The van der Waals surface area contributed by atoms with Crippen LogP contribution in [0.1, 0.15) is 30.9 Å². The number of hydrogen-bond acceptors (Lipinski definition) is 3. The highest BCUT2D eigenvalue weighted by molar-refractivity contribution is 5.21. The monoisotopic (exact) mass is 276 g/mol. The Morgan fingerprint density at radius 2 is 1.95 bits per heavy atom. The Morgan fingerprint density at radius 1 is 1.20 bits per heavy atom. The molecule has 1 fully saturated rings. The zero-order valence-electron chi connectivity index (χ0n) is 12.9. The molecule has 0 amide bonds. The van der Waals surface area contributed by atoms with Gasteiger partial charge in [0.05, 0.1) is 0 Å². The van der Waals surface area contributed by atoms with Crippen molar-refractivity contribution in [3.63, 3.8) is 0 Å². The normalized spacial score (nSPS) is 21.2. The third-order valence-corrected chi connectivity index (χ3v) is 4.20. The van der Waals surface area contributed by atoms with Crippen LogP contribution >= 0.6 is 0 Å². The molecule has 0 aliphatic carbocycles. The summed E-state index contributed by atoms with van der Waals surface area (Å²) in [5, 5.41) is 9.31. The lowest BCUT2D eigenvalue weighted by atomic mass is 10.1. The van der Waals surface area contributed by atoms with Gasteiger partial charge in [0, 0.05) is 38.8 Å². The molecule has 0 spiro atoms. The number of aliphatic hydroxyl groups is 1. The summed E-state index contributed by atoms with van der Waals surface area (Å²) in [6.45, 7) is 10.2. The molecule has 1 aliphatic heterocycles. The first-order valence-corrected chi connectivity index (χ1v) is 7.85. The number of piperazine rings is 1. The second-order valence-corrected chi connectivity index (χ2v) is 5.92. The molecule has 0 saturated carbocycles. The fraction of sp³-hybridized carbons (Fsp3) is 0.647. The van der Waals surface area contributed by atoms with Gasteiger partial charge in [-0.3, -0.25) is 4.90 Å². The summed E-state index contributed by atoms with van der Waals surface area (Å²) in [5.41, 5.74) is 2.69. The highest BCUT2D eigenvalue weighted by atomic mass is 16.3. The summed E-state index contributed by atoms with van der Waals surface area (Å²) >= 11 is 0. The van der Waals surface area contributed by atoms with Crippen molar-refractivity contribution in [3.8, 4) is 0 Å². The van der Waals surface area contributed by atoms with Crippen molar-refractivity contribution in [2.75, 3.05) is 32.8 Å². The Bertz CT molecular complexity index is 390. The molecule has 1 unspecified atom stereocenters. The van der Waals surface area contributed by atoms with Crippen molar-refractivity contribution < 1.29 is 5.11 Å². The van der Waals surface area contributed by atoms with Crippen LogP contribution in [0.2, 0.25) is 0 Å². The minimum absolute atomic E-state index is 0.287. The van der Waals surface area contributed by atoms with Crippen LogP contribution in [-0.4, -0.2) is 53.7 Å². The first kappa shape index (κ1) is 15.5. The van der Waals surface area contributed by atoms with Gasteiger partial charge in [-0.05, 0) is 31.9 Å². The Hall–Kier alpha value is -0.900. The molecule has 0 aromatic heterocycles. The largest absolute Gasteiger partial charge is 0.396 e. The van der Waals surface area contributed by atoms with E-state index in [4.69, 9.17) is 0 Å². The molecule has 1 N–H and O–H groups in total. The molecule has 2 rings (SSSR count). The van der Waals surface area contributed by atoms with Crippen LogP contribution < -0.4 is 0 Å². The zero-order valence-corrected chi connectivity index (χ0v) is 12.9. The number of hydrogen-bond donors (Lipinski definition) is 1. The molecule has 20 heavy (non-hydrogen) atoms. The second-order valence-electron chi connectivity index (χ2n) is 5.92. The van der Waals surface area contributed by atoms with E-state index in [-0.39, 0.29) is 6.61 Å². The van der Waals surface area contributed by atoms with Gasteiger partial charge >= 0.3 is 0 Å². The summed E-state index contributed by atoms with van der Waals surface area (Å²) in [7, 11) is 0. The summed E-state index contributed by atoms with van der Waals surface area (Å²) in [6, 6.07) is 9.31. The lowest BCUT2D eigenvalue weighted by Crippen LogP contribution is -2.53. The molecule has 1 atom stereocenters. The molecule has 0 bridgehead atoms. The van der Waals surface area contributed by atoms with E-state index >= 15 is 0 Å². The van der Waals surface area contributed by atoms with Crippen LogP contribution in [0.4, 0.5) is 0 Å². The molecule has 112 valence electrons. The van der Waals surface area contributed by atoms with Crippen LogP contribution in [0, 0.1) is 6.92 Å². The van der Waals surface area contributed by atoms with Crippen LogP contribution in [0.5, 0.6) is 0 Å². The van der Waals surface area contributed by atoms with E-state index in [1.54, 1.807) is 0 Å². The number of nitrogens with zero attached hydrogens (tertiary/aromatic N) is 2. The third-order valence-electron chi connectivity index (χ3n) is 4.20. The number of rotatable bonds is 6. The quantitative estimate of drug-likeness (QED) is 0.863. The van der Waals surface area contributed by atoms with Gasteiger partial charge in [0.25, 0.3) is 0 Å². The van der Waals surface area contributed by atoms with Gasteiger partial charge in [-0.2, -0.15) is 0 Å². The van der Waals surface area contributed by atoms with Gasteiger partial charge in [-0.1, -0.05) is 36.8 Å². The summed E-state index contributed by atoms with van der Waals surface area (Å²) in [6.07, 6.45) is 2.09. The van der Waals surface area contributed by atoms with E-state index in [0.29, 0.717) is 6.04 Å². The molecule has 1 heterocycles. The van der Waals surface area contributed by atoms with Gasteiger partial charge in [0.2, 0.25) is 0 Å². The summed E-state index contributed by atoms with van der Waals surface area (Å²) < 4.78 is 0. The maximum Gasteiger partial charge on any atom is 0.0446 e. The Morgan fingerprint density at radius 3 is 2.60 bits per heavy atom. The van der Waals surface area contributed by atoms with Gasteiger partial charge in [0.15, 0.2) is 0 Å². The van der Waals surface area contributed by atoms with Crippen molar-refractivity contribution in [1.82, 2.24) is 9.80 Å². The third kappa shape index (κ3) is 4.30. The maximum atomic E-state index is 9.31. The van der Waals surface area contributed by atoms with E-state index < -0.39 is 0 Å². The Kier molecular flexibility index (Phi) is 6.02.